The number of benzene rings is 2. The first-order valence-corrected chi connectivity index (χ1v) is 8.71. The molecule has 0 saturated heterocycles. The molecule has 132 valence electrons. The molecule has 0 fully saturated rings. The highest BCUT2D eigenvalue weighted by molar-refractivity contribution is 7.99. The molecule has 0 aliphatic rings. The summed E-state index contributed by atoms with van der Waals surface area (Å²) in [5.41, 5.74) is 1.81. The summed E-state index contributed by atoms with van der Waals surface area (Å²) in [5, 5.41) is 18.5. The molecule has 0 bridgehead atoms. The van der Waals surface area contributed by atoms with Gasteiger partial charge < -0.3 is 14.9 Å². The SMILES string of the molecule is CC(=O)c1ccc(NC(=O)CSc2c([O-])on[n+]2-c2ccccc2)cc1. The third kappa shape index (κ3) is 4.09. The minimum atomic E-state index is -0.600. The van der Waals surface area contributed by atoms with Crippen LogP contribution in [0.1, 0.15) is 17.3 Å². The highest BCUT2D eigenvalue weighted by atomic mass is 32.2. The van der Waals surface area contributed by atoms with Gasteiger partial charge in [-0.15, -0.1) is 0 Å². The van der Waals surface area contributed by atoms with E-state index in [1.807, 2.05) is 18.2 Å². The number of hydrogen-bond acceptors (Lipinski definition) is 6. The first-order valence-electron chi connectivity index (χ1n) is 7.72. The number of carbonyl (C=O) groups excluding carboxylic acids is 2. The van der Waals surface area contributed by atoms with Crippen molar-refractivity contribution >= 4 is 29.1 Å². The van der Waals surface area contributed by atoms with E-state index >= 15 is 0 Å². The van der Waals surface area contributed by atoms with Gasteiger partial charge in [0.25, 0.3) is 5.03 Å². The second-order valence-electron chi connectivity index (χ2n) is 5.38. The summed E-state index contributed by atoms with van der Waals surface area (Å²) in [6.45, 7) is 1.48. The normalized spacial score (nSPS) is 10.5. The Morgan fingerprint density at radius 1 is 1.15 bits per heavy atom. The molecule has 0 aliphatic heterocycles. The number of hydrogen-bond donors (Lipinski definition) is 1. The number of thioether (sulfide) groups is 1. The van der Waals surface area contributed by atoms with Gasteiger partial charge >= 0.3 is 0 Å². The largest absolute Gasteiger partial charge is 0.538 e. The van der Waals surface area contributed by atoms with Crippen molar-refractivity contribution in [2.24, 2.45) is 0 Å². The van der Waals surface area contributed by atoms with Gasteiger partial charge in [-0.3, -0.25) is 9.59 Å². The minimum absolute atomic E-state index is 0.0117. The van der Waals surface area contributed by atoms with Crippen molar-refractivity contribution in [2.75, 3.05) is 11.1 Å². The van der Waals surface area contributed by atoms with E-state index in [1.54, 1.807) is 36.4 Å². The van der Waals surface area contributed by atoms with Gasteiger partial charge in [0, 0.05) is 23.4 Å². The molecular formula is C18H15N3O4S. The van der Waals surface area contributed by atoms with Crippen LogP contribution in [0.3, 0.4) is 0 Å². The Morgan fingerprint density at radius 3 is 2.50 bits per heavy atom. The van der Waals surface area contributed by atoms with Gasteiger partial charge in [-0.2, -0.15) is 0 Å². The van der Waals surface area contributed by atoms with Crippen LogP contribution in [0.25, 0.3) is 5.69 Å². The molecule has 0 unspecified atom stereocenters. The van der Waals surface area contributed by atoms with Crippen LogP contribution in [0.5, 0.6) is 5.95 Å². The number of carbonyl (C=O) groups is 2. The van der Waals surface area contributed by atoms with E-state index in [-0.39, 0.29) is 22.5 Å². The Hall–Kier alpha value is -3.13. The number of nitrogens with one attached hydrogen (secondary N) is 1. The van der Waals surface area contributed by atoms with Gasteiger partial charge in [0.05, 0.1) is 11.0 Å². The Balaban J connectivity index is 1.65. The number of rotatable bonds is 6. The summed E-state index contributed by atoms with van der Waals surface area (Å²) in [4.78, 5) is 23.4. The maximum absolute atomic E-state index is 12.1. The van der Waals surface area contributed by atoms with Gasteiger partial charge in [0.2, 0.25) is 11.6 Å². The molecule has 1 heterocycles. The predicted octanol–water partition coefficient (Wildman–Crippen LogP) is 1.96. The Bertz CT molecular complexity index is 923. The molecule has 3 rings (SSSR count). The maximum atomic E-state index is 12.1. The van der Waals surface area contributed by atoms with E-state index in [4.69, 9.17) is 4.52 Å². The van der Waals surface area contributed by atoms with E-state index < -0.39 is 5.95 Å². The number of ketones is 1. The minimum Gasteiger partial charge on any atom is -0.538 e. The molecule has 1 amide bonds. The standard InChI is InChI=1S/C18H15N3O4S/c1-12(22)13-7-9-14(10-8-13)19-16(23)11-26-17-18(24)25-20-21(17)15-5-3-2-4-6-15/h2-10H,11H2,1H3,(H-,19,20,22,23,24). The third-order valence-corrected chi connectivity index (χ3v) is 4.51. The van der Waals surface area contributed by atoms with Gasteiger partial charge in [-0.1, -0.05) is 18.2 Å². The fourth-order valence-corrected chi connectivity index (χ4v) is 2.97. The van der Waals surface area contributed by atoms with Crippen LogP contribution in [0.4, 0.5) is 5.69 Å². The molecule has 3 aromatic rings. The van der Waals surface area contributed by atoms with E-state index in [0.717, 1.165) is 11.8 Å². The monoisotopic (exact) mass is 369 g/mol. The number of amides is 1. The van der Waals surface area contributed by atoms with Crippen LogP contribution in [0.2, 0.25) is 0 Å². The highest BCUT2D eigenvalue weighted by Gasteiger charge is 2.21. The van der Waals surface area contributed by atoms with Crippen molar-refractivity contribution in [3.63, 3.8) is 0 Å². The van der Waals surface area contributed by atoms with Crippen LogP contribution < -0.4 is 15.1 Å². The molecule has 7 nitrogen and oxygen atoms in total. The van der Waals surface area contributed by atoms with E-state index in [9.17, 15) is 14.7 Å². The fourth-order valence-electron chi connectivity index (χ4n) is 2.21. The van der Waals surface area contributed by atoms with E-state index in [1.165, 1.54) is 11.6 Å². The average molecular weight is 369 g/mol. The number of nitrogens with zero attached hydrogens (tertiary/aromatic N) is 2. The predicted molar refractivity (Wildman–Crippen MR) is 93.3 cm³/mol. The van der Waals surface area contributed by atoms with Crippen molar-refractivity contribution < 1.29 is 23.9 Å². The van der Waals surface area contributed by atoms with Crippen molar-refractivity contribution in [3.8, 4) is 11.6 Å². The van der Waals surface area contributed by atoms with Crippen LogP contribution in [0, 0.1) is 0 Å². The zero-order valence-electron chi connectivity index (χ0n) is 13.8. The average Bonchev–Trinajstić information content (AvgIpc) is 3.02. The Morgan fingerprint density at radius 2 is 1.85 bits per heavy atom. The first kappa shape index (κ1) is 17.7. The van der Waals surface area contributed by atoms with Crippen LogP contribution in [-0.2, 0) is 4.79 Å². The summed E-state index contributed by atoms with van der Waals surface area (Å²) in [5.74, 6) is -0.917. The Labute approximate surface area is 153 Å². The molecule has 0 spiro atoms. The molecule has 1 aromatic heterocycles. The van der Waals surface area contributed by atoms with E-state index in [2.05, 4.69) is 10.6 Å². The first-order chi connectivity index (χ1) is 12.5. The van der Waals surface area contributed by atoms with Crippen molar-refractivity contribution in [3.05, 3.63) is 60.2 Å². The molecule has 0 saturated carbocycles. The molecule has 0 radical (unpaired) electrons. The second kappa shape index (κ2) is 7.83. The zero-order chi connectivity index (χ0) is 18.5. The summed E-state index contributed by atoms with van der Waals surface area (Å²) >= 11 is 1.04. The molecule has 1 N–H and O–H groups in total. The number of Topliss-reactive ketones (excluding diaryl/α,β-unsaturated/α-hetero) is 1. The highest BCUT2D eigenvalue weighted by Crippen LogP contribution is 2.23. The van der Waals surface area contributed by atoms with E-state index in [0.29, 0.717) is 16.9 Å². The molecule has 0 aliphatic carbocycles. The molecule has 26 heavy (non-hydrogen) atoms. The molecule has 8 heteroatoms. The lowest BCUT2D eigenvalue weighted by molar-refractivity contribution is -0.705. The lowest BCUT2D eigenvalue weighted by Crippen LogP contribution is -2.35. The molecule has 2 aromatic carbocycles. The summed E-state index contributed by atoms with van der Waals surface area (Å²) in [7, 11) is 0. The van der Waals surface area contributed by atoms with Gasteiger partial charge in [0.15, 0.2) is 11.7 Å². The fraction of sp³-hybridized carbons (Fsp3) is 0.111. The van der Waals surface area contributed by atoms with Crippen LogP contribution >= 0.6 is 11.8 Å². The quantitative estimate of drug-likeness (QED) is 0.405. The third-order valence-electron chi connectivity index (χ3n) is 3.49. The molecular weight excluding hydrogens is 354 g/mol. The summed E-state index contributed by atoms with van der Waals surface area (Å²) in [6.07, 6.45) is 0. The van der Waals surface area contributed by atoms with Gasteiger partial charge in [-0.05, 0) is 47.6 Å². The number of para-hydroxylation sites is 1. The summed E-state index contributed by atoms with van der Waals surface area (Å²) < 4.78 is 6.07. The van der Waals surface area contributed by atoms with Gasteiger partial charge in [-0.25, -0.2) is 0 Å². The second-order valence-corrected chi connectivity index (χ2v) is 6.35. The lowest BCUT2D eigenvalue weighted by atomic mass is 10.1. The van der Waals surface area contributed by atoms with Crippen LogP contribution in [-0.4, -0.2) is 22.7 Å². The van der Waals surface area contributed by atoms with Crippen molar-refractivity contribution in [2.45, 2.75) is 11.9 Å². The zero-order valence-corrected chi connectivity index (χ0v) is 14.7. The Kier molecular flexibility index (Phi) is 5.33. The van der Waals surface area contributed by atoms with Crippen molar-refractivity contribution in [1.82, 2.24) is 5.27 Å². The van der Waals surface area contributed by atoms with Crippen LogP contribution in [0.15, 0.2) is 64.1 Å². The number of aromatic nitrogens is 2. The van der Waals surface area contributed by atoms with Crippen molar-refractivity contribution in [1.29, 1.82) is 0 Å². The topological polar surface area (TPSA) is 99.1 Å². The maximum Gasteiger partial charge on any atom is 0.298 e. The molecule has 0 atom stereocenters. The smallest absolute Gasteiger partial charge is 0.298 e. The van der Waals surface area contributed by atoms with Gasteiger partial charge in [0.1, 0.15) is 0 Å². The summed E-state index contributed by atoms with van der Waals surface area (Å²) in [6, 6.07) is 15.6. The lowest BCUT2D eigenvalue weighted by Gasteiger charge is -2.05. The number of anilines is 1.